The molecule has 3 amide bonds. The van der Waals surface area contributed by atoms with E-state index in [0.717, 1.165) is 57.3 Å². The molecule has 2 aliphatic rings. The van der Waals surface area contributed by atoms with Crippen molar-refractivity contribution in [3.63, 3.8) is 0 Å². The predicted molar refractivity (Wildman–Crippen MR) is 180 cm³/mol. The first-order chi connectivity index (χ1) is 21.5. The van der Waals surface area contributed by atoms with Gasteiger partial charge in [-0.25, -0.2) is 0 Å². The topological polar surface area (TPSA) is 122 Å². The molecule has 0 bridgehead atoms. The molecule has 9 heteroatoms. The van der Waals surface area contributed by atoms with Crippen molar-refractivity contribution in [3.8, 4) is 12.3 Å². The number of nitrogens with zero attached hydrogens (tertiary/aromatic N) is 2. The van der Waals surface area contributed by atoms with E-state index in [1.54, 1.807) is 11.9 Å². The Morgan fingerprint density at radius 3 is 2.40 bits per heavy atom. The van der Waals surface area contributed by atoms with E-state index in [1.165, 1.54) is 12.5 Å². The Balaban J connectivity index is 2.21. The molecule has 0 aromatic carbocycles. The molecule has 0 aromatic heterocycles. The van der Waals surface area contributed by atoms with Crippen LogP contribution < -0.4 is 10.6 Å². The van der Waals surface area contributed by atoms with Crippen molar-refractivity contribution in [1.29, 1.82) is 0 Å². The van der Waals surface area contributed by atoms with Gasteiger partial charge in [-0.1, -0.05) is 82.8 Å². The Bertz CT molecular complexity index is 1060. The van der Waals surface area contributed by atoms with Crippen LogP contribution in [0.5, 0.6) is 0 Å². The number of carbonyl (C=O) groups is 3. The maximum Gasteiger partial charge on any atom is 0.243 e. The number of hydrogen-bond acceptors (Lipinski definition) is 6. The SMILES string of the molecule is C#CC[C@H](NC(=O)C(CC(=O)N(C)CCN(CC)CC)CC1=CC(C)CC=C1)C(=O)N[C@@H](CC1CCCCC1)[C@@H](O)[C@@H](O)C=C. The molecule has 2 aliphatic carbocycles. The van der Waals surface area contributed by atoms with Gasteiger partial charge in [-0.05, 0) is 44.2 Å². The first-order valence-corrected chi connectivity index (χ1v) is 16.9. The van der Waals surface area contributed by atoms with Crippen LogP contribution in [-0.4, -0.2) is 95.3 Å². The van der Waals surface area contributed by atoms with Crippen LogP contribution in [0.2, 0.25) is 0 Å². The van der Waals surface area contributed by atoms with Gasteiger partial charge < -0.3 is 30.6 Å². The Morgan fingerprint density at radius 2 is 1.80 bits per heavy atom. The molecule has 0 aliphatic heterocycles. The van der Waals surface area contributed by atoms with Crippen molar-refractivity contribution in [2.24, 2.45) is 17.8 Å². The zero-order chi connectivity index (χ0) is 33.4. The number of likely N-dealkylation sites (N-methyl/N-ethyl adjacent to an activating group) is 2. The van der Waals surface area contributed by atoms with Crippen molar-refractivity contribution in [1.82, 2.24) is 20.4 Å². The summed E-state index contributed by atoms with van der Waals surface area (Å²) >= 11 is 0. The lowest BCUT2D eigenvalue weighted by Crippen LogP contribution is -2.55. The van der Waals surface area contributed by atoms with Gasteiger partial charge in [-0.15, -0.1) is 18.9 Å². The minimum absolute atomic E-state index is 0.000910. The molecule has 0 aromatic rings. The highest BCUT2D eigenvalue weighted by Crippen LogP contribution is 2.29. The number of allylic oxidation sites excluding steroid dienone is 4. The first kappa shape index (κ1) is 38.3. The molecule has 2 rings (SSSR count). The van der Waals surface area contributed by atoms with Crippen molar-refractivity contribution in [2.75, 3.05) is 33.2 Å². The fraction of sp³-hybridized carbons (Fsp3) is 0.694. The molecular weight excluding hydrogens is 568 g/mol. The highest BCUT2D eigenvalue weighted by molar-refractivity contribution is 5.91. The van der Waals surface area contributed by atoms with Gasteiger partial charge in [0.15, 0.2) is 0 Å². The zero-order valence-electron chi connectivity index (χ0n) is 28.0. The van der Waals surface area contributed by atoms with Crippen LogP contribution in [0.4, 0.5) is 0 Å². The van der Waals surface area contributed by atoms with E-state index >= 15 is 0 Å². The monoisotopic (exact) mass is 626 g/mol. The largest absolute Gasteiger partial charge is 0.388 e. The molecule has 45 heavy (non-hydrogen) atoms. The summed E-state index contributed by atoms with van der Waals surface area (Å²) in [6.45, 7) is 13.0. The van der Waals surface area contributed by atoms with Crippen LogP contribution in [0.1, 0.15) is 85.0 Å². The maximum atomic E-state index is 13.8. The lowest BCUT2D eigenvalue weighted by molar-refractivity contribution is -0.136. The molecule has 0 spiro atoms. The number of rotatable bonds is 19. The molecule has 2 unspecified atom stereocenters. The zero-order valence-corrected chi connectivity index (χ0v) is 28.0. The van der Waals surface area contributed by atoms with Gasteiger partial charge in [0.05, 0.1) is 18.1 Å². The van der Waals surface area contributed by atoms with Crippen molar-refractivity contribution >= 4 is 17.7 Å². The quantitative estimate of drug-likeness (QED) is 0.129. The lowest BCUT2D eigenvalue weighted by Gasteiger charge is -2.32. The number of aliphatic hydroxyl groups excluding tert-OH is 2. The van der Waals surface area contributed by atoms with E-state index in [1.807, 2.05) is 6.08 Å². The molecular formula is C36H58N4O5. The van der Waals surface area contributed by atoms with Crippen LogP contribution in [-0.2, 0) is 14.4 Å². The highest BCUT2D eigenvalue weighted by Gasteiger charge is 2.33. The number of terminal acetylenes is 1. The molecule has 252 valence electrons. The molecule has 9 nitrogen and oxygen atoms in total. The lowest BCUT2D eigenvalue weighted by atomic mass is 9.83. The molecule has 1 saturated carbocycles. The van der Waals surface area contributed by atoms with E-state index in [0.29, 0.717) is 31.2 Å². The third-order valence-electron chi connectivity index (χ3n) is 9.28. The van der Waals surface area contributed by atoms with E-state index in [2.05, 4.69) is 61.0 Å². The minimum atomic E-state index is -1.25. The van der Waals surface area contributed by atoms with Gasteiger partial charge in [0.2, 0.25) is 17.7 Å². The van der Waals surface area contributed by atoms with Crippen molar-refractivity contribution in [2.45, 2.75) is 109 Å². The van der Waals surface area contributed by atoms with Crippen LogP contribution in [0, 0.1) is 30.1 Å². The second-order valence-electron chi connectivity index (χ2n) is 12.8. The van der Waals surface area contributed by atoms with Gasteiger partial charge in [-0.3, -0.25) is 14.4 Å². The second kappa shape index (κ2) is 20.2. The number of hydrogen-bond donors (Lipinski definition) is 4. The standard InChI is InChI=1S/C36H58N4O5/c1-7-15-30(36(45)38-31(34(43)32(41)8-2)24-27-17-12-11-13-18-27)37-35(44)29(23-28-19-14-16-26(5)22-28)25-33(42)39(6)20-21-40(9-3)10-4/h1,8,14,19,22,26-27,29-32,34,41,43H,2,9-13,15-18,20-21,23-25H2,3-6H3,(H,37,44)(H,38,45)/t26?,29?,30-,31-,32-,34+/m0/s1. The summed E-state index contributed by atoms with van der Waals surface area (Å²) < 4.78 is 0. The molecule has 0 heterocycles. The number of aliphatic hydroxyl groups is 2. The maximum absolute atomic E-state index is 13.8. The molecule has 1 fully saturated rings. The van der Waals surface area contributed by atoms with Crippen molar-refractivity contribution in [3.05, 3.63) is 36.5 Å². The smallest absolute Gasteiger partial charge is 0.243 e. The fourth-order valence-corrected chi connectivity index (χ4v) is 6.27. The summed E-state index contributed by atoms with van der Waals surface area (Å²) in [5, 5.41) is 26.9. The molecule has 4 N–H and O–H groups in total. The van der Waals surface area contributed by atoms with Gasteiger partial charge in [0.25, 0.3) is 0 Å². The third-order valence-corrected chi connectivity index (χ3v) is 9.28. The Morgan fingerprint density at radius 1 is 1.11 bits per heavy atom. The van der Waals surface area contributed by atoms with E-state index in [4.69, 9.17) is 6.42 Å². The summed E-state index contributed by atoms with van der Waals surface area (Å²) in [5.41, 5.74) is 0.986. The second-order valence-corrected chi connectivity index (χ2v) is 12.8. The average molecular weight is 627 g/mol. The Kier molecular flexibility index (Phi) is 17.2. The Labute approximate surface area is 271 Å². The summed E-state index contributed by atoms with van der Waals surface area (Å²) in [5.74, 6) is 1.35. The van der Waals surface area contributed by atoms with Crippen molar-refractivity contribution < 1.29 is 24.6 Å². The average Bonchev–Trinajstić information content (AvgIpc) is 3.03. The van der Waals surface area contributed by atoms with Crippen LogP contribution in [0.3, 0.4) is 0 Å². The van der Waals surface area contributed by atoms with E-state index < -0.39 is 42.0 Å². The van der Waals surface area contributed by atoms with Gasteiger partial charge in [-0.2, -0.15) is 0 Å². The minimum Gasteiger partial charge on any atom is -0.388 e. The number of nitrogens with one attached hydrogen (secondary N) is 2. The predicted octanol–water partition coefficient (Wildman–Crippen LogP) is 3.58. The fourth-order valence-electron chi connectivity index (χ4n) is 6.27. The summed E-state index contributed by atoms with van der Waals surface area (Å²) in [7, 11) is 1.76. The normalized spacial score (nSPS) is 20.2. The van der Waals surface area contributed by atoms with Gasteiger partial charge in [0, 0.05) is 33.0 Å². The first-order valence-electron chi connectivity index (χ1n) is 16.9. The van der Waals surface area contributed by atoms with E-state index in [-0.39, 0.29) is 18.7 Å². The summed E-state index contributed by atoms with van der Waals surface area (Å²) in [6, 6.07) is -1.79. The Hall–Kier alpha value is -2.93. The number of carbonyl (C=O) groups excluding carboxylic acids is 3. The van der Waals surface area contributed by atoms with Crippen LogP contribution >= 0.6 is 0 Å². The van der Waals surface area contributed by atoms with Crippen LogP contribution in [0.25, 0.3) is 0 Å². The van der Waals surface area contributed by atoms with Crippen LogP contribution in [0.15, 0.2) is 36.5 Å². The molecule has 0 saturated heterocycles. The molecule has 6 atom stereocenters. The summed E-state index contributed by atoms with van der Waals surface area (Å²) in [6.07, 6.45) is 17.7. The van der Waals surface area contributed by atoms with Gasteiger partial charge in [0.1, 0.15) is 12.1 Å². The summed E-state index contributed by atoms with van der Waals surface area (Å²) in [4.78, 5) is 44.6. The molecule has 0 radical (unpaired) electrons. The van der Waals surface area contributed by atoms with Gasteiger partial charge >= 0.3 is 0 Å². The van der Waals surface area contributed by atoms with E-state index in [9.17, 15) is 24.6 Å². The third kappa shape index (κ3) is 13.1. The highest BCUT2D eigenvalue weighted by atomic mass is 16.3. The number of amides is 3.